The van der Waals surface area contributed by atoms with Crippen molar-refractivity contribution in [2.75, 3.05) is 11.9 Å². The minimum absolute atomic E-state index is 0. The predicted molar refractivity (Wildman–Crippen MR) is 88.9 cm³/mol. The fourth-order valence-electron chi connectivity index (χ4n) is 3.10. The maximum Gasteiger partial charge on any atom is 0.277 e. The highest BCUT2D eigenvalue weighted by Crippen LogP contribution is 2.40. The van der Waals surface area contributed by atoms with Crippen LogP contribution < -0.4 is 10.6 Å². The molecule has 4 rings (SSSR count). The van der Waals surface area contributed by atoms with Gasteiger partial charge in [0, 0.05) is 36.8 Å². The van der Waals surface area contributed by atoms with Gasteiger partial charge in [-0.25, -0.2) is 4.68 Å². The van der Waals surface area contributed by atoms with Crippen LogP contribution in [0.25, 0.3) is 0 Å². The van der Waals surface area contributed by atoms with Gasteiger partial charge < -0.3 is 10.6 Å². The molecule has 1 saturated carbocycles. The molecule has 2 aliphatic rings. The number of nitrogens with one attached hydrogen (secondary N) is 3. The summed E-state index contributed by atoms with van der Waals surface area (Å²) >= 11 is 0. The average Bonchev–Trinajstić information content (AvgIpc) is 3.13. The molecule has 1 aliphatic carbocycles. The van der Waals surface area contributed by atoms with E-state index >= 15 is 0 Å². The van der Waals surface area contributed by atoms with Crippen molar-refractivity contribution in [3.63, 3.8) is 0 Å². The molecule has 8 heteroatoms. The Kier molecular flexibility index (Phi) is 4.41. The van der Waals surface area contributed by atoms with Crippen LogP contribution in [0.15, 0.2) is 12.3 Å². The lowest BCUT2D eigenvalue weighted by Crippen LogP contribution is -2.26. The quantitative estimate of drug-likeness (QED) is 0.795. The van der Waals surface area contributed by atoms with Crippen molar-refractivity contribution >= 4 is 24.1 Å². The molecule has 1 atom stereocenters. The van der Waals surface area contributed by atoms with Crippen LogP contribution in [0.3, 0.4) is 0 Å². The Morgan fingerprint density at radius 2 is 2.30 bits per heavy atom. The summed E-state index contributed by atoms with van der Waals surface area (Å²) in [4.78, 5) is 12.5. The van der Waals surface area contributed by atoms with Crippen molar-refractivity contribution in [2.45, 2.75) is 38.8 Å². The van der Waals surface area contributed by atoms with Gasteiger partial charge in [0.25, 0.3) is 5.91 Å². The minimum atomic E-state index is -0.175. The zero-order valence-corrected chi connectivity index (χ0v) is 13.8. The lowest BCUT2D eigenvalue weighted by atomic mass is 10.1. The molecule has 2 aromatic heterocycles. The van der Waals surface area contributed by atoms with Crippen LogP contribution in [0, 0.1) is 5.92 Å². The van der Waals surface area contributed by atoms with E-state index in [1.54, 1.807) is 6.20 Å². The van der Waals surface area contributed by atoms with Crippen molar-refractivity contribution in [3.05, 3.63) is 29.2 Å². The number of amides is 1. The van der Waals surface area contributed by atoms with Crippen molar-refractivity contribution in [2.24, 2.45) is 5.92 Å². The molecule has 2 aromatic rings. The summed E-state index contributed by atoms with van der Waals surface area (Å²) in [5, 5.41) is 17.8. The average molecular weight is 337 g/mol. The molecule has 0 saturated heterocycles. The van der Waals surface area contributed by atoms with Gasteiger partial charge in [-0.15, -0.1) is 12.4 Å². The third-order valence-electron chi connectivity index (χ3n) is 4.62. The molecular formula is C15H21ClN6O. The molecule has 0 aromatic carbocycles. The molecule has 1 unspecified atom stereocenters. The van der Waals surface area contributed by atoms with Crippen LogP contribution >= 0.6 is 12.4 Å². The second kappa shape index (κ2) is 6.33. The van der Waals surface area contributed by atoms with E-state index in [-0.39, 0.29) is 18.3 Å². The molecule has 1 amide bonds. The number of carbonyl (C=O) groups excluding carboxylic acids is 1. The lowest BCUT2D eigenvalue weighted by Gasteiger charge is -2.16. The Hall–Kier alpha value is -1.86. The standard InChI is InChI=1S/C15H20N6O.ClH/c1-9(10-2-3-10)21-13(5-7-17-21)18-15(22)14-11-8-16-6-4-12(11)19-20-14;/h5,7,9-10,16H,2-4,6,8H2,1H3,(H,18,22)(H,19,20);1H. The molecule has 1 fully saturated rings. The van der Waals surface area contributed by atoms with Crippen molar-refractivity contribution < 1.29 is 4.79 Å². The number of rotatable bonds is 4. The smallest absolute Gasteiger partial charge is 0.277 e. The fraction of sp³-hybridized carbons (Fsp3) is 0.533. The third-order valence-corrected chi connectivity index (χ3v) is 4.62. The molecule has 1 aliphatic heterocycles. The summed E-state index contributed by atoms with van der Waals surface area (Å²) in [7, 11) is 0. The summed E-state index contributed by atoms with van der Waals surface area (Å²) in [5.74, 6) is 1.24. The summed E-state index contributed by atoms with van der Waals surface area (Å²) in [6.07, 6.45) is 5.10. The molecule has 0 bridgehead atoms. The highest BCUT2D eigenvalue weighted by molar-refractivity contribution is 6.03. The van der Waals surface area contributed by atoms with Gasteiger partial charge in [-0.05, 0) is 25.7 Å². The second-order valence-corrected chi connectivity index (χ2v) is 6.15. The number of aromatic amines is 1. The van der Waals surface area contributed by atoms with Crippen molar-refractivity contribution in [1.29, 1.82) is 0 Å². The first-order valence-electron chi connectivity index (χ1n) is 7.85. The number of hydrogen-bond donors (Lipinski definition) is 3. The van der Waals surface area contributed by atoms with Gasteiger partial charge in [-0.2, -0.15) is 10.2 Å². The van der Waals surface area contributed by atoms with Gasteiger partial charge in [0.15, 0.2) is 5.69 Å². The van der Waals surface area contributed by atoms with Crippen LogP contribution in [0.4, 0.5) is 5.82 Å². The molecule has 0 spiro atoms. The van der Waals surface area contributed by atoms with Crippen LogP contribution in [-0.2, 0) is 13.0 Å². The normalized spacial score (nSPS) is 18.0. The minimum Gasteiger partial charge on any atom is -0.312 e. The Morgan fingerprint density at radius 1 is 1.48 bits per heavy atom. The first-order chi connectivity index (χ1) is 10.7. The number of nitrogens with zero attached hydrogens (tertiary/aromatic N) is 3. The number of halogens is 1. The van der Waals surface area contributed by atoms with E-state index in [1.165, 1.54) is 12.8 Å². The maximum absolute atomic E-state index is 12.5. The number of H-pyrrole nitrogens is 1. The summed E-state index contributed by atoms with van der Waals surface area (Å²) in [5.41, 5.74) is 2.52. The largest absolute Gasteiger partial charge is 0.312 e. The van der Waals surface area contributed by atoms with Gasteiger partial charge >= 0.3 is 0 Å². The number of carbonyl (C=O) groups is 1. The number of hydrogen-bond acceptors (Lipinski definition) is 4. The van der Waals surface area contributed by atoms with E-state index < -0.39 is 0 Å². The highest BCUT2D eigenvalue weighted by atomic mass is 35.5. The van der Waals surface area contributed by atoms with Gasteiger partial charge in [-0.3, -0.25) is 9.89 Å². The Labute approximate surface area is 140 Å². The SMILES string of the molecule is CC(C1CC1)n1nccc1NC(=O)c1n[nH]c2c1CNCC2.Cl. The Bertz CT molecular complexity index is 705. The first kappa shape index (κ1) is 16.0. The van der Waals surface area contributed by atoms with Gasteiger partial charge in [0.2, 0.25) is 0 Å². The van der Waals surface area contributed by atoms with E-state index in [1.807, 2.05) is 10.7 Å². The van der Waals surface area contributed by atoms with Crippen LogP contribution in [0.2, 0.25) is 0 Å². The van der Waals surface area contributed by atoms with E-state index in [2.05, 4.69) is 32.9 Å². The predicted octanol–water partition coefficient (Wildman–Crippen LogP) is 1.90. The topological polar surface area (TPSA) is 87.6 Å². The number of anilines is 1. The molecule has 23 heavy (non-hydrogen) atoms. The zero-order valence-electron chi connectivity index (χ0n) is 13.0. The Morgan fingerprint density at radius 3 is 3.09 bits per heavy atom. The van der Waals surface area contributed by atoms with E-state index in [4.69, 9.17) is 0 Å². The van der Waals surface area contributed by atoms with Crippen LogP contribution in [0.5, 0.6) is 0 Å². The molecule has 0 radical (unpaired) electrons. The van der Waals surface area contributed by atoms with E-state index in [0.717, 1.165) is 30.0 Å². The number of aromatic nitrogens is 4. The highest BCUT2D eigenvalue weighted by Gasteiger charge is 2.31. The molecule has 124 valence electrons. The lowest BCUT2D eigenvalue weighted by molar-refractivity contribution is 0.102. The molecule has 3 N–H and O–H groups in total. The second-order valence-electron chi connectivity index (χ2n) is 6.15. The fourth-order valence-corrected chi connectivity index (χ4v) is 3.10. The van der Waals surface area contributed by atoms with E-state index in [9.17, 15) is 4.79 Å². The summed E-state index contributed by atoms with van der Waals surface area (Å²) < 4.78 is 1.91. The number of fused-ring (bicyclic) bond motifs is 1. The van der Waals surface area contributed by atoms with Crippen LogP contribution in [0.1, 0.15) is 47.6 Å². The van der Waals surface area contributed by atoms with Gasteiger partial charge in [0.1, 0.15) is 5.82 Å². The third kappa shape index (κ3) is 2.98. The Balaban J connectivity index is 0.00000156. The van der Waals surface area contributed by atoms with Crippen molar-refractivity contribution in [3.8, 4) is 0 Å². The first-order valence-corrected chi connectivity index (χ1v) is 7.85. The summed E-state index contributed by atoms with van der Waals surface area (Å²) in [6, 6.07) is 2.16. The van der Waals surface area contributed by atoms with Gasteiger partial charge in [0.05, 0.1) is 12.2 Å². The summed E-state index contributed by atoms with van der Waals surface area (Å²) in [6.45, 7) is 3.76. The molecule has 7 nitrogen and oxygen atoms in total. The monoisotopic (exact) mass is 336 g/mol. The van der Waals surface area contributed by atoms with E-state index in [0.29, 0.717) is 24.2 Å². The van der Waals surface area contributed by atoms with Crippen molar-refractivity contribution in [1.82, 2.24) is 25.3 Å². The molecular weight excluding hydrogens is 316 g/mol. The van der Waals surface area contributed by atoms with Crippen LogP contribution in [-0.4, -0.2) is 32.4 Å². The van der Waals surface area contributed by atoms with Gasteiger partial charge in [-0.1, -0.05) is 0 Å². The molecule has 3 heterocycles. The maximum atomic E-state index is 12.5. The zero-order chi connectivity index (χ0) is 15.1.